The molecular formula is C10H19N3. The van der Waals surface area contributed by atoms with E-state index in [1.54, 1.807) is 0 Å². The molecule has 1 unspecified atom stereocenters. The van der Waals surface area contributed by atoms with E-state index in [0.29, 0.717) is 12.0 Å². The fourth-order valence-corrected chi connectivity index (χ4v) is 1.48. The fraction of sp³-hybridized carbons (Fsp3) is 0.800. The van der Waals surface area contributed by atoms with Crippen molar-refractivity contribution in [1.29, 1.82) is 0 Å². The molecule has 0 fully saturated rings. The van der Waals surface area contributed by atoms with Gasteiger partial charge >= 0.3 is 0 Å². The molecule has 1 rings (SSSR count). The molecule has 1 aromatic heterocycles. The summed E-state index contributed by atoms with van der Waals surface area (Å²) in [6.07, 6.45) is 1.10. The van der Waals surface area contributed by atoms with Crippen molar-refractivity contribution in [2.24, 2.45) is 0 Å². The minimum atomic E-state index is 0.458. The van der Waals surface area contributed by atoms with Crippen molar-refractivity contribution < 1.29 is 0 Å². The van der Waals surface area contributed by atoms with Crippen LogP contribution in [0.4, 0.5) is 0 Å². The van der Waals surface area contributed by atoms with E-state index in [0.717, 1.165) is 12.1 Å². The first-order chi connectivity index (χ1) is 6.07. The smallest absolute Gasteiger partial charge is 0.0881 e. The van der Waals surface area contributed by atoms with E-state index < -0.39 is 0 Å². The molecule has 0 N–H and O–H groups in total. The monoisotopic (exact) mass is 181 g/mol. The van der Waals surface area contributed by atoms with Gasteiger partial charge in [0.05, 0.1) is 17.4 Å². The molecule has 13 heavy (non-hydrogen) atoms. The highest BCUT2D eigenvalue weighted by atomic mass is 15.4. The first-order valence-electron chi connectivity index (χ1n) is 4.99. The third-order valence-electron chi connectivity index (χ3n) is 2.52. The molecule has 1 heterocycles. The van der Waals surface area contributed by atoms with Gasteiger partial charge in [0.2, 0.25) is 0 Å². The van der Waals surface area contributed by atoms with Gasteiger partial charge < -0.3 is 0 Å². The topological polar surface area (TPSA) is 30.7 Å². The highest BCUT2D eigenvalue weighted by Crippen LogP contribution is 2.19. The number of rotatable bonds is 3. The minimum Gasteiger partial charge on any atom is -0.247 e. The van der Waals surface area contributed by atoms with E-state index in [1.165, 1.54) is 5.69 Å². The van der Waals surface area contributed by atoms with Crippen LogP contribution < -0.4 is 0 Å². The summed E-state index contributed by atoms with van der Waals surface area (Å²) in [4.78, 5) is 0. The van der Waals surface area contributed by atoms with Crippen molar-refractivity contribution in [3.05, 3.63) is 11.4 Å². The molecule has 3 nitrogen and oxygen atoms in total. The Kier molecular flexibility index (Phi) is 3.07. The summed E-state index contributed by atoms with van der Waals surface area (Å²) in [5, 5.41) is 8.37. The molecule has 1 atom stereocenters. The van der Waals surface area contributed by atoms with Crippen LogP contribution in [0.2, 0.25) is 0 Å². The predicted octanol–water partition coefficient (Wildman–Crippen LogP) is 2.68. The van der Waals surface area contributed by atoms with Gasteiger partial charge in [-0.05, 0) is 26.2 Å². The van der Waals surface area contributed by atoms with Gasteiger partial charge in [-0.3, -0.25) is 0 Å². The normalized spacial score (nSPS) is 13.7. The summed E-state index contributed by atoms with van der Waals surface area (Å²) in [6.45, 7) is 10.7. The highest BCUT2D eigenvalue weighted by Gasteiger charge is 2.14. The Hall–Kier alpha value is -0.860. The zero-order valence-corrected chi connectivity index (χ0v) is 9.20. The van der Waals surface area contributed by atoms with Crippen molar-refractivity contribution >= 4 is 0 Å². The molecule has 0 saturated carbocycles. The summed E-state index contributed by atoms with van der Waals surface area (Å²) in [7, 11) is 0. The van der Waals surface area contributed by atoms with Gasteiger partial charge in [-0.25, -0.2) is 4.68 Å². The number of hydrogen-bond acceptors (Lipinski definition) is 2. The summed E-state index contributed by atoms with van der Waals surface area (Å²) in [5.41, 5.74) is 2.34. The molecular weight excluding hydrogens is 162 g/mol. The molecule has 0 saturated heterocycles. The van der Waals surface area contributed by atoms with Crippen LogP contribution in [0.15, 0.2) is 0 Å². The SMILES string of the molecule is CCC(C)n1nnc(C(C)C)c1C. The lowest BCUT2D eigenvalue weighted by Crippen LogP contribution is -2.08. The summed E-state index contributed by atoms with van der Waals surface area (Å²) < 4.78 is 2.02. The van der Waals surface area contributed by atoms with Crippen LogP contribution in [0, 0.1) is 6.92 Å². The third-order valence-corrected chi connectivity index (χ3v) is 2.52. The van der Waals surface area contributed by atoms with E-state index in [9.17, 15) is 0 Å². The van der Waals surface area contributed by atoms with Crippen molar-refractivity contribution in [2.75, 3.05) is 0 Å². The Labute approximate surface area is 80.1 Å². The first-order valence-corrected chi connectivity index (χ1v) is 4.99. The zero-order chi connectivity index (χ0) is 10.0. The molecule has 0 aromatic carbocycles. The van der Waals surface area contributed by atoms with E-state index in [1.807, 2.05) is 4.68 Å². The van der Waals surface area contributed by atoms with Gasteiger partial charge in [0.15, 0.2) is 0 Å². The fourth-order valence-electron chi connectivity index (χ4n) is 1.48. The van der Waals surface area contributed by atoms with E-state index in [2.05, 4.69) is 44.9 Å². The van der Waals surface area contributed by atoms with Crippen molar-refractivity contribution in [3.63, 3.8) is 0 Å². The van der Waals surface area contributed by atoms with Gasteiger partial charge in [-0.1, -0.05) is 26.0 Å². The van der Waals surface area contributed by atoms with Gasteiger partial charge in [0, 0.05) is 0 Å². The Balaban J connectivity index is 2.99. The Morgan fingerprint density at radius 1 is 1.31 bits per heavy atom. The maximum atomic E-state index is 4.20. The maximum Gasteiger partial charge on any atom is 0.0881 e. The molecule has 0 aliphatic rings. The Morgan fingerprint density at radius 2 is 1.92 bits per heavy atom. The lowest BCUT2D eigenvalue weighted by Gasteiger charge is -2.10. The number of nitrogens with zero attached hydrogens (tertiary/aromatic N) is 3. The van der Waals surface area contributed by atoms with Crippen LogP contribution >= 0.6 is 0 Å². The second kappa shape index (κ2) is 3.90. The van der Waals surface area contributed by atoms with Crippen LogP contribution in [0.3, 0.4) is 0 Å². The average molecular weight is 181 g/mol. The maximum absolute atomic E-state index is 4.20. The standard InChI is InChI=1S/C10H19N3/c1-6-8(4)13-9(5)10(7(2)3)11-12-13/h7-8H,6H2,1-5H3. The first kappa shape index (κ1) is 10.2. The van der Waals surface area contributed by atoms with Crippen LogP contribution in [0.5, 0.6) is 0 Å². The lowest BCUT2D eigenvalue weighted by atomic mass is 10.1. The largest absolute Gasteiger partial charge is 0.247 e. The van der Waals surface area contributed by atoms with Crippen LogP contribution in [0.1, 0.15) is 57.5 Å². The Bertz CT molecular complexity index is 276. The number of aromatic nitrogens is 3. The molecule has 0 aliphatic heterocycles. The summed E-state index contributed by atoms with van der Waals surface area (Å²) in [5.74, 6) is 0.470. The number of hydrogen-bond donors (Lipinski definition) is 0. The van der Waals surface area contributed by atoms with Crippen LogP contribution in [-0.4, -0.2) is 15.0 Å². The predicted molar refractivity (Wildman–Crippen MR) is 53.9 cm³/mol. The van der Waals surface area contributed by atoms with Crippen molar-refractivity contribution in [3.8, 4) is 0 Å². The molecule has 3 heteroatoms. The summed E-state index contributed by atoms with van der Waals surface area (Å²) in [6, 6.07) is 0.458. The van der Waals surface area contributed by atoms with Crippen LogP contribution in [-0.2, 0) is 0 Å². The van der Waals surface area contributed by atoms with E-state index >= 15 is 0 Å². The Morgan fingerprint density at radius 3 is 2.31 bits per heavy atom. The highest BCUT2D eigenvalue weighted by molar-refractivity contribution is 5.12. The average Bonchev–Trinajstić information content (AvgIpc) is 2.46. The van der Waals surface area contributed by atoms with Gasteiger partial charge in [-0.2, -0.15) is 0 Å². The second-order valence-electron chi connectivity index (χ2n) is 3.92. The van der Waals surface area contributed by atoms with Crippen LogP contribution in [0.25, 0.3) is 0 Å². The minimum absolute atomic E-state index is 0.458. The van der Waals surface area contributed by atoms with Gasteiger partial charge in [-0.15, -0.1) is 5.10 Å². The van der Waals surface area contributed by atoms with Gasteiger partial charge in [0.25, 0.3) is 0 Å². The van der Waals surface area contributed by atoms with E-state index in [4.69, 9.17) is 0 Å². The molecule has 74 valence electrons. The third kappa shape index (κ3) is 1.90. The molecule has 0 spiro atoms. The quantitative estimate of drug-likeness (QED) is 0.717. The van der Waals surface area contributed by atoms with Crippen molar-refractivity contribution in [2.45, 2.75) is 53.0 Å². The van der Waals surface area contributed by atoms with Crippen molar-refractivity contribution in [1.82, 2.24) is 15.0 Å². The summed E-state index contributed by atoms with van der Waals surface area (Å²) >= 11 is 0. The second-order valence-corrected chi connectivity index (χ2v) is 3.92. The zero-order valence-electron chi connectivity index (χ0n) is 9.20. The molecule has 0 radical (unpaired) electrons. The molecule has 0 amide bonds. The van der Waals surface area contributed by atoms with Gasteiger partial charge in [0.1, 0.15) is 0 Å². The van der Waals surface area contributed by atoms with E-state index in [-0.39, 0.29) is 0 Å². The molecule has 1 aromatic rings. The lowest BCUT2D eigenvalue weighted by molar-refractivity contribution is 0.455. The molecule has 0 bridgehead atoms. The molecule has 0 aliphatic carbocycles.